The van der Waals surface area contributed by atoms with Crippen LogP contribution in [0.5, 0.6) is 0 Å². The highest BCUT2D eigenvalue weighted by atomic mass is 19.1. The Balaban J connectivity index is 2.63. The fourth-order valence-electron chi connectivity index (χ4n) is 1.81. The van der Waals surface area contributed by atoms with Gasteiger partial charge in [-0.2, -0.15) is 0 Å². The zero-order valence-corrected chi connectivity index (χ0v) is 11.2. The van der Waals surface area contributed by atoms with Crippen molar-refractivity contribution in [2.75, 3.05) is 0 Å². The molecule has 1 atom stereocenters. The number of benzene rings is 1. The van der Waals surface area contributed by atoms with Crippen molar-refractivity contribution < 1.29 is 23.5 Å². The highest BCUT2D eigenvalue weighted by Crippen LogP contribution is 2.09. The van der Waals surface area contributed by atoms with Crippen molar-refractivity contribution in [3.63, 3.8) is 0 Å². The van der Waals surface area contributed by atoms with E-state index < -0.39 is 29.6 Å². The monoisotopic (exact) mass is 285 g/mol. The first-order valence-electron chi connectivity index (χ1n) is 6.39. The molecule has 1 aromatic carbocycles. The molecule has 1 amide bonds. The molecule has 110 valence electrons. The molecule has 0 spiro atoms. The first-order chi connectivity index (χ1) is 9.42. The van der Waals surface area contributed by atoms with Crippen molar-refractivity contribution in [2.24, 2.45) is 0 Å². The summed E-state index contributed by atoms with van der Waals surface area (Å²) in [6, 6.07) is 1.83. The molecule has 0 bridgehead atoms. The third-order valence-electron chi connectivity index (χ3n) is 2.77. The minimum absolute atomic E-state index is 0.166. The van der Waals surface area contributed by atoms with E-state index in [0.717, 1.165) is 18.6 Å². The van der Waals surface area contributed by atoms with Crippen LogP contribution in [0.15, 0.2) is 18.2 Å². The molecule has 0 saturated heterocycles. The average molecular weight is 285 g/mol. The summed E-state index contributed by atoms with van der Waals surface area (Å²) in [6.45, 7) is 1.91. The number of nitrogens with one attached hydrogen (secondary N) is 1. The Morgan fingerprint density at radius 1 is 1.25 bits per heavy atom. The molecule has 0 unspecified atom stereocenters. The fraction of sp³-hybridized carbons (Fsp3) is 0.429. The molecule has 0 aliphatic heterocycles. The lowest BCUT2D eigenvalue weighted by Crippen LogP contribution is -2.41. The molecule has 1 rings (SSSR count). The summed E-state index contributed by atoms with van der Waals surface area (Å²) >= 11 is 0. The molecule has 0 aliphatic carbocycles. The predicted molar refractivity (Wildman–Crippen MR) is 69.2 cm³/mol. The van der Waals surface area contributed by atoms with Gasteiger partial charge in [0, 0.05) is 6.07 Å². The number of hydrogen-bond acceptors (Lipinski definition) is 2. The molecule has 0 saturated carbocycles. The lowest BCUT2D eigenvalue weighted by molar-refractivity contribution is -0.142. The number of carboxylic acids is 1. The van der Waals surface area contributed by atoms with Crippen LogP contribution in [0.1, 0.15) is 31.7 Å². The van der Waals surface area contributed by atoms with E-state index in [1.54, 1.807) is 0 Å². The SMILES string of the molecule is CCCC[C@@H](NC(=O)Cc1cc(F)cc(F)c1)C(=O)O. The summed E-state index contributed by atoms with van der Waals surface area (Å²) in [5.41, 5.74) is 0.166. The van der Waals surface area contributed by atoms with E-state index in [4.69, 9.17) is 5.11 Å². The molecule has 4 nitrogen and oxygen atoms in total. The van der Waals surface area contributed by atoms with Gasteiger partial charge >= 0.3 is 5.97 Å². The van der Waals surface area contributed by atoms with Gasteiger partial charge in [-0.05, 0) is 24.1 Å². The molecular formula is C14H17F2NO3. The zero-order chi connectivity index (χ0) is 15.1. The van der Waals surface area contributed by atoms with Crippen LogP contribution < -0.4 is 5.32 Å². The minimum atomic E-state index is -1.11. The van der Waals surface area contributed by atoms with E-state index in [0.29, 0.717) is 18.9 Å². The van der Waals surface area contributed by atoms with Crippen molar-refractivity contribution in [2.45, 2.75) is 38.6 Å². The maximum Gasteiger partial charge on any atom is 0.326 e. The second-order valence-corrected chi connectivity index (χ2v) is 4.56. The van der Waals surface area contributed by atoms with E-state index in [2.05, 4.69) is 5.32 Å². The number of carboxylic acid groups (broad SMARTS) is 1. The Hall–Kier alpha value is -1.98. The molecule has 0 fully saturated rings. The maximum absolute atomic E-state index is 13.0. The molecule has 2 N–H and O–H groups in total. The van der Waals surface area contributed by atoms with Crippen molar-refractivity contribution >= 4 is 11.9 Å². The van der Waals surface area contributed by atoms with Gasteiger partial charge in [-0.25, -0.2) is 13.6 Å². The van der Waals surface area contributed by atoms with Gasteiger partial charge in [-0.1, -0.05) is 19.8 Å². The number of rotatable bonds is 7. The first kappa shape index (κ1) is 16.1. The molecule has 0 aromatic heterocycles. The topological polar surface area (TPSA) is 66.4 Å². The van der Waals surface area contributed by atoms with E-state index in [1.165, 1.54) is 0 Å². The zero-order valence-electron chi connectivity index (χ0n) is 11.2. The third-order valence-corrected chi connectivity index (χ3v) is 2.77. The van der Waals surface area contributed by atoms with E-state index in [-0.39, 0.29) is 12.0 Å². The molecule has 0 heterocycles. The number of carbonyl (C=O) groups excluding carboxylic acids is 1. The second-order valence-electron chi connectivity index (χ2n) is 4.56. The van der Waals surface area contributed by atoms with Gasteiger partial charge in [0.15, 0.2) is 0 Å². The normalized spacial score (nSPS) is 11.9. The highest BCUT2D eigenvalue weighted by Gasteiger charge is 2.19. The van der Waals surface area contributed by atoms with Crippen LogP contribution in [0.25, 0.3) is 0 Å². The Labute approximate surface area is 115 Å². The van der Waals surface area contributed by atoms with Crippen LogP contribution in [0.2, 0.25) is 0 Å². The average Bonchev–Trinajstić information content (AvgIpc) is 2.32. The van der Waals surface area contributed by atoms with E-state index >= 15 is 0 Å². The summed E-state index contributed by atoms with van der Waals surface area (Å²) in [5.74, 6) is -3.22. The first-order valence-corrected chi connectivity index (χ1v) is 6.39. The van der Waals surface area contributed by atoms with Crippen molar-refractivity contribution in [3.05, 3.63) is 35.4 Å². The lowest BCUT2D eigenvalue weighted by Gasteiger charge is -2.14. The van der Waals surface area contributed by atoms with E-state index in [1.807, 2.05) is 6.92 Å². The van der Waals surface area contributed by atoms with Crippen molar-refractivity contribution in [3.8, 4) is 0 Å². The minimum Gasteiger partial charge on any atom is -0.480 e. The van der Waals surface area contributed by atoms with Gasteiger partial charge in [0.2, 0.25) is 5.91 Å². The predicted octanol–water partition coefficient (Wildman–Crippen LogP) is 2.27. The van der Waals surface area contributed by atoms with Crippen molar-refractivity contribution in [1.29, 1.82) is 0 Å². The van der Waals surface area contributed by atoms with Gasteiger partial charge in [0.1, 0.15) is 17.7 Å². The summed E-state index contributed by atoms with van der Waals surface area (Å²) in [6.07, 6.45) is 1.56. The van der Waals surface area contributed by atoms with Crippen LogP contribution in [-0.2, 0) is 16.0 Å². The van der Waals surface area contributed by atoms with Gasteiger partial charge in [0.25, 0.3) is 0 Å². The summed E-state index contributed by atoms with van der Waals surface area (Å²) in [4.78, 5) is 22.7. The van der Waals surface area contributed by atoms with Crippen LogP contribution in [0, 0.1) is 11.6 Å². The standard InChI is InChI=1S/C14H17F2NO3/c1-2-3-4-12(14(19)20)17-13(18)7-9-5-10(15)8-11(16)6-9/h5-6,8,12H,2-4,7H2,1H3,(H,17,18)(H,19,20)/t12-/m1/s1. The summed E-state index contributed by atoms with van der Waals surface area (Å²) in [5, 5.41) is 11.3. The summed E-state index contributed by atoms with van der Waals surface area (Å²) < 4.78 is 25.9. The number of amides is 1. The van der Waals surface area contributed by atoms with Gasteiger partial charge in [-0.3, -0.25) is 4.79 Å². The van der Waals surface area contributed by atoms with Crippen LogP contribution in [-0.4, -0.2) is 23.0 Å². The number of unbranched alkanes of at least 4 members (excludes halogenated alkanes) is 1. The quantitative estimate of drug-likeness (QED) is 0.807. The van der Waals surface area contributed by atoms with Gasteiger partial charge in [-0.15, -0.1) is 0 Å². The largest absolute Gasteiger partial charge is 0.480 e. The molecular weight excluding hydrogens is 268 g/mol. The van der Waals surface area contributed by atoms with Crippen LogP contribution >= 0.6 is 0 Å². The number of halogens is 2. The third kappa shape index (κ3) is 5.34. The van der Waals surface area contributed by atoms with Gasteiger partial charge < -0.3 is 10.4 Å². The molecule has 20 heavy (non-hydrogen) atoms. The van der Waals surface area contributed by atoms with Gasteiger partial charge in [0.05, 0.1) is 6.42 Å². The fourth-order valence-corrected chi connectivity index (χ4v) is 1.81. The number of carbonyl (C=O) groups is 2. The van der Waals surface area contributed by atoms with Crippen LogP contribution in [0.3, 0.4) is 0 Å². The maximum atomic E-state index is 13.0. The Kier molecular flexibility index (Phi) is 6.09. The summed E-state index contributed by atoms with van der Waals surface area (Å²) in [7, 11) is 0. The van der Waals surface area contributed by atoms with Crippen LogP contribution in [0.4, 0.5) is 8.78 Å². The smallest absolute Gasteiger partial charge is 0.326 e. The lowest BCUT2D eigenvalue weighted by atomic mass is 10.1. The molecule has 0 radical (unpaired) electrons. The van der Waals surface area contributed by atoms with E-state index in [9.17, 15) is 18.4 Å². The number of aliphatic carboxylic acids is 1. The molecule has 0 aliphatic rings. The Bertz CT molecular complexity index is 471. The Morgan fingerprint density at radius 3 is 2.35 bits per heavy atom. The number of hydrogen-bond donors (Lipinski definition) is 2. The van der Waals surface area contributed by atoms with Crippen molar-refractivity contribution in [1.82, 2.24) is 5.32 Å². The Morgan fingerprint density at radius 2 is 1.85 bits per heavy atom. The second kappa shape index (κ2) is 7.57. The highest BCUT2D eigenvalue weighted by molar-refractivity contribution is 5.84. The molecule has 1 aromatic rings. The molecule has 6 heteroatoms.